The summed E-state index contributed by atoms with van der Waals surface area (Å²) in [5, 5.41) is 7.58. The van der Waals surface area contributed by atoms with Crippen molar-refractivity contribution in [1.82, 2.24) is 10.1 Å². The van der Waals surface area contributed by atoms with E-state index in [9.17, 15) is 4.79 Å². The maximum Gasteiger partial charge on any atom is 0.277 e. The molecule has 0 unspecified atom stereocenters. The van der Waals surface area contributed by atoms with Crippen molar-refractivity contribution in [3.8, 4) is 22.8 Å². The number of amides is 1. The third-order valence-corrected chi connectivity index (χ3v) is 4.47. The van der Waals surface area contributed by atoms with E-state index >= 15 is 0 Å². The van der Waals surface area contributed by atoms with Crippen LogP contribution < -0.4 is 14.8 Å². The van der Waals surface area contributed by atoms with Gasteiger partial charge in [0.2, 0.25) is 0 Å². The van der Waals surface area contributed by atoms with Crippen molar-refractivity contribution in [2.24, 2.45) is 0 Å². The number of nitrogens with zero attached hydrogens (tertiary/aromatic N) is 2. The monoisotopic (exact) mass is 403 g/mol. The molecule has 0 radical (unpaired) electrons. The van der Waals surface area contributed by atoms with E-state index in [4.69, 9.17) is 14.0 Å². The lowest BCUT2D eigenvalue weighted by Gasteiger charge is -2.11. The van der Waals surface area contributed by atoms with Gasteiger partial charge in [-0.1, -0.05) is 5.16 Å². The van der Waals surface area contributed by atoms with Gasteiger partial charge in [0, 0.05) is 23.2 Å². The molecular formula is C23H21N3O4. The van der Waals surface area contributed by atoms with Gasteiger partial charge in [0.1, 0.15) is 17.0 Å². The summed E-state index contributed by atoms with van der Waals surface area (Å²) in [6, 6.07) is 16.3. The quantitative estimate of drug-likeness (QED) is 0.470. The zero-order chi connectivity index (χ0) is 20.9. The van der Waals surface area contributed by atoms with Crippen LogP contribution in [0.25, 0.3) is 22.2 Å². The van der Waals surface area contributed by atoms with Crippen molar-refractivity contribution >= 4 is 22.5 Å². The minimum atomic E-state index is -0.370. The summed E-state index contributed by atoms with van der Waals surface area (Å²) in [5.74, 6) is 1.58. The second-order valence-corrected chi connectivity index (χ2v) is 6.43. The number of ether oxygens (including phenoxy) is 2. The predicted octanol–water partition coefficient (Wildman–Crippen LogP) is 4.94. The van der Waals surface area contributed by atoms with Crippen LogP contribution in [0.4, 0.5) is 5.69 Å². The molecule has 1 N–H and O–H groups in total. The Hall–Kier alpha value is -3.87. The van der Waals surface area contributed by atoms with E-state index in [1.807, 2.05) is 50.2 Å². The first kappa shape index (κ1) is 19.4. The van der Waals surface area contributed by atoms with Gasteiger partial charge in [-0.05, 0) is 62.4 Å². The summed E-state index contributed by atoms with van der Waals surface area (Å²) >= 11 is 0. The molecule has 4 rings (SSSR count). The van der Waals surface area contributed by atoms with Gasteiger partial charge in [-0.25, -0.2) is 0 Å². The number of hydrogen-bond acceptors (Lipinski definition) is 6. The average Bonchev–Trinajstić information content (AvgIpc) is 3.27. The second kappa shape index (κ2) is 8.65. The maximum absolute atomic E-state index is 12.7. The molecule has 0 spiro atoms. The first-order chi connectivity index (χ1) is 14.7. The minimum Gasteiger partial charge on any atom is -0.494 e. The molecule has 4 aromatic rings. The van der Waals surface area contributed by atoms with E-state index in [1.165, 1.54) is 0 Å². The van der Waals surface area contributed by atoms with Crippen LogP contribution in [-0.4, -0.2) is 29.3 Å². The molecule has 2 aromatic carbocycles. The Morgan fingerprint density at radius 2 is 1.83 bits per heavy atom. The predicted molar refractivity (Wildman–Crippen MR) is 114 cm³/mol. The van der Waals surface area contributed by atoms with Crippen molar-refractivity contribution in [3.63, 3.8) is 0 Å². The summed E-state index contributed by atoms with van der Waals surface area (Å²) in [6.45, 7) is 4.97. The van der Waals surface area contributed by atoms with Gasteiger partial charge >= 0.3 is 0 Å². The Morgan fingerprint density at radius 3 is 2.60 bits per heavy atom. The highest BCUT2D eigenvalue weighted by Gasteiger charge is 2.16. The lowest BCUT2D eigenvalue weighted by Crippen LogP contribution is -2.12. The Balaban J connectivity index is 1.56. The highest BCUT2D eigenvalue weighted by molar-refractivity contribution is 6.08. The van der Waals surface area contributed by atoms with E-state index < -0.39 is 0 Å². The fourth-order valence-electron chi connectivity index (χ4n) is 3.11. The van der Waals surface area contributed by atoms with Crippen LogP contribution in [0, 0.1) is 0 Å². The smallest absolute Gasteiger partial charge is 0.277 e. The molecule has 152 valence electrons. The fraction of sp³-hybridized carbons (Fsp3) is 0.174. The maximum atomic E-state index is 12.7. The van der Waals surface area contributed by atoms with Crippen molar-refractivity contribution < 1.29 is 18.8 Å². The van der Waals surface area contributed by atoms with Crippen LogP contribution in [-0.2, 0) is 0 Å². The van der Waals surface area contributed by atoms with E-state index in [0.29, 0.717) is 35.9 Å². The summed E-state index contributed by atoms with van der Waals surface area (Å²) in [6.07, 6.45) is 1.69. The molecule has 30 heavy (non-hydrogen) atoms. The number of pyridine rings is 1. The first-order valence-corrected chi connectivity index (χ1v) is 9.71. The molecule has 2 aromatic heterocycles. The van der Waals surface area contributed by atoms with Gasteiger partial charge < -0.3 is 19.3 Å². The van der Waals surface area contributed by atoms with Gasteiger partial charge in [0.05, 0.1) is 18.9 Å². The lowest BCUT2D eigenvalue weighted by molar-refractivity contribution is 0.101. The highest BCUT2D eigenvalue weighted by atomic mass is 16.5. The SMILES string of the molecule is CCOc1ccc(-c2cc(C(=O)Nc3ccc(OCC)c4ncccc34)no2)cc1. The van der Waals surface area contributed by atoms with E-state index in [1.54, 1.807) is 24.4 Å². The third kappa shape index (κ3) is 3.96. The lowest BCUT2D eigenvalue weighted by atomic mass is 10.1. The zero-order valence-electron chi connectivity index (χ0n) is 16.7. The summed E-state index contributed by atoms with van der Waals surface area (Å²) in [5.41, 5.74) is 2.30. The molecule has 0 fully saturated rings. The third-order valence-electron chi connectivity index (χ3n) is 4.47. The van der Waals surface area contributed by atoms with Crippen LogP contribution in [0.15, 0.2) is 65.3 Å². The zero-order valence-corrected chi connectivity index (χ0v) is 16.7. The van der Waals surface area contributed by atoms with Gasteiger partial charge in [-0.2, -0.15) is 0 Å². The van der Waals surface area contributed by atoms with Gasteiger partial charge in [0.25, 0.3) is 5.91 Å². The topological polar surface area (TPSA) is 86.5 Å². The van der Waals surface area contributed by atoms with E-state index in [-0.39, 0.29) is 11.6 Å². The number of anilines is 1. The standard InChI is InChI=1S/C23H21N3O4/c1-3-28-16-9-7-15(8-10-16)21-14-19(26-30-21)23(27)25-18-11-12-20(29-4-2)22-17(18)6-5-13-24-22/h5-14H,3-4H2,1-2H3,(H,25,27). The first-order valence-electron chi connectivity index (χ1n) is 9.71. The molecular weight excluding hydrogens is 382 g/mol. The summed E-state index contributed by atoms with van der Waals surface area (Å²) in [7, 11) is 0. The molecule has 0 aliphatic heterocycles. The highest BCUT2D eigenvalue weighted by Crippen LogP contribution is 2.30. The molecule has 0 atom stereocenters. The van der Waals surface area contributed by atoms with Crippen molar-refractivity contribution in [1.29, 1.82) is 0 Å². The van der Waals surface area contributed by atoms with Gasteiger partial charge in [-0.15, -0.1) is 0 Å². The second-order valence-electron chi connectivity index (χ2n) is 6.43. The molecule has 0 saturated carbocycles. The number of carbonyl (C=O) groups excluding carboxylic acids is 1. The molecule has 0 bridgehead atoms. The Bertz CT molecular complexity index is 1170. The van der Waals surface area contributed by atoms with Crippen LogP contribution in [0.1, 0.15) is 24.3 Å². The van der Waals surface area contributed by atoms with Gasteiger partial charge in [0.15, 0.2) is 11.5 Å². The Kier molecular flexibility index (Phi) is 5.61. The fourth-order valence-corrected chi connectivity index (χ4v) is 3.11. The minimum absolute atomic E-state index is 0.185. The van der Waals surface area contributed by atoms with E-state index in [2.05, 4.69) is 15.5 Å². The number of benzene rings is 2. The molecule has 2 heterocycles. The summed E-state index contributed by atoms with van der Waals surface area (Å²) < 4.78 is 16.4. The molecule has 1 amide bonds. The van der Waals surface area contributed by atoms with Crippen LogP contribution in [0.2, 0.25) is 0 Å². The molecule has 0 aliphatic carbocycles. The van der Waals surface area contributed by atoms with Crippen molar-refractivity contribution in [2.45, 2.75) is 13.8 Å². The largest absolute Gasteiger partial charge is 0.494 e. The van der Waals surface area contributed by atoms with E-state index in [0.717, 1.165) is 16.7 Å². The van der Waals surface area contributed by atoms with Crippen LogP contribution in [0.5, 0.6) is 11.5 Å². The molecule has 0 aliphatic rings. The molecule has 0 saturated heterocycles. The van der Waals surface area contributed by atoms with Crippen LogP contribution >= 0.6 is 0 Å². The summed E-state index contributed by atoms with van der Waals surface area (Å²) in [4.78, 5) is 17.1. The van der Waals surface area contributed by atoms with Crippen LogP contribution in [0.3, 0.4) is 0 Å². The number of nitrogens with one attached hydrogen (secondary N) is 1. The molecule has 7 nitrogen and oxygen atoms in total. The normalized spacial score (nSPS) is 10.7. The Labute approximate surface area is 173 Å². The Morgan fingerprint density at radius 1 is 1.03 bits per heavy atom. The van der Waals surface area contributed by atoms with Gasteiger partial charge in [-0.3, -0.25) is 9.78 Å². The number of carbonyl (C=O) groups is 1. The number of aromatic nitrogens is 2. The van der Waals surface area contributed by atoms with Crippen molar-refractivity contribution in [3.05, 3.63) is 66.5 Å². The molecule has 7 heteroatoms. The number of hydrogen-bond donors (Lipinski definition) is 1. The van der Waals surface area contributed by atoms with Crippen molar-refractivity contribution in [2.75, 3.05) is 18.5 Å². The number of fused-ring (bicyclic) bond motifs is 1. The average molecular weight is 403 g/mol. The number of rotatable bonds is 7.